The SMILES string of the molecule is COC(=O)CCNC(=O)NCc1ccco1. The van der Waals surface area contributed by atoms with Gasteiger partial charge in [-0.25, -0.2) is 4.79 Å². The van der Waals surface area contributed by atoms with Gasteiger partial charge in [-0.05, 0) is 12.1 Å². The Morgan fingerprint density at radius 2 is 2.25 bits per heavy atom. The zero-order valence-electron chi connectivity index (χ0n) is 8.99. The van der Waals surface area contributed by atoms with Crippen LogP contribution in [0.25, 0.3) is 0 Å². The number of rotatable bonds is 5. The number of hydrogen-bond acceptors (Lipinski definition) is 4. The molecule has 1 rings (SSSR count). The van der Waals surface area contributed by atoms with Crippen LogP contribution in [0.4, 0.5) is 4.79 Å². The van der Waals surface area contributed by atoms with Gasteiger partial charge in [0.2, 0.25) is 0 Å². The molecule has 0 bridgehead atoms. The quantitative estimate of drug-likeness (QED) is 0.722. The largest absolute Gasteiger partial charge is 0.469 e. The molecular weight excluding hydrogens is 212 g/mol. The van der Waals surface area contributed by atoms with E-state index in [9.17, 15) is 9.59 Å². The number of methoxy groups -OCH3 is 1. The van der Waals surface area contributed by atoms with E-state index in [1.54, 1.807) is 12.1 Å². The van der Waals surface area contributed by atoms with Gasteiger partial charge in [-0.15, -0.1) is 0 Å². The number of urea groups is 1. The van der Waals surface area contributed by atoms with Crippen molar-refractivity contribution in [2.45, 2.75) is 13.0 Å². The number of ether oxygens (including phenoxy) is 1. The van der Waals surface area contributed by atoms with Crippen molar-refractivity contribution >= 4 is 12.0 Å². The molecular formula is C10H14N2O4. The second kappa shape index (κ2) is 6.49. The highest BCUT2D eigenvalue weighted by atomic mass is 16.5. The topological polar surface area (TPSA) is 80.6 Å². The van der Waals surface area contributed by atoms with E-state index in [-0.39, 0.29) is 25.0 Å². The molecule has 2 amide bonds. The Hall–Kier alpha value is -1.98. The summed E-state index contributed by atoms with van der Waals surface area (Å²) in [5.41, 5.74) is 0. The zero-order chi connectivity index (χ0) is 11.8. The van der Waals surface area contributed by atoms with E-state index in [0.29, 0.717) is 12.3 Å². The number of amides is 2. The monoisotopic (exact) mass is 226 g/mol. The number of nitrogens with one attached hydrogen (secondary N) is 2. The maximum atomic E-state index is 11.2. The summed E-state index contributed by atoms with van der Waals surface area (Å²) in [5.74, 6) is 0.314. The van der Waals surface area contributed by atoms with Crippen LogP contribution < -0.4 is 10.6 Å². The van der Waals surface area contributed by atoms with Gasteiger partial charge < -0.3 is 19.8 Å². The first-order chi connectivity index (χ1) is 7.72. The Bertz CT molecular complexity index is 335. The van der Waals surface area contributed by atoms with Crippen molar-refractivity contribution in [2.24, 2.45) is 0 Å². The fraction of sp³-hybridized carbons (Fsp3) is 0.400. The second-order valence-electron chi connectivity index (χ2n) is 3.01. The van der Waals surface area contributed by atoms with E-state index < -0.39 is 0 Å². The lowest BCUT2D eigenvalue weighted by Crippen LogP contribution is -2.36. The molecule has 6 heteroatoms. The van der Waals surface area contributed by atoms with Crippen LogP contribution >= 0.6 is 0 Å². The lowest BCUT2D eigenvalue weighted by molar-refractivity contribution is -0.140. The predicted molar refractivity (Wildman–Crippen MR) is 55.6 cm³/mol. The van der Waals surface area contributed by atoms with Crippen molar-refractivity contribution < 1.29 is 18.7 Å². The number of esters is 1. The van der Waals surface area contributed by atoms with Crippen molar-refractivity contribution in [1.82, 2.24) is 10.6 Å². The van der Waals surface area contributed by atoms with E-state index in [1.807, 2.05) is 0 Å². The lowest BCUT2D eigenvalue weighted by Gasteiger charge is -2.05. The van der Waals surface area contributed by atoms with Crippen LogP contribution in [-0.2, 0) is 16.1 Å². The van der Waals surface area contributed by atoms with Crippen LogP contribution in [-0.4, -0.2) is 25.7 Å². The summed E-state index contributed by atoms with van der Waals surface area (Å²) in [6.45, 7) is 0.563. The number of carbonyl (C=O) groups excluding carboxylic acids is 2. The summed E-state index contributed by atoms with van der Waals surface area (Å²) < 4.78 is 9.45. The minimum absolute atomic E-state index is 0.157. The van der Waals surface area contributed by atoms with Crippen molar-refractivity contribution in [3.63, 3.8) is 0 Å². The van der Waals surface area contributed by atoms with Crippen LogP contribution in [0.1, 0.15) is 12.2 Å². The first-order valence-electron chi connectivity index (χ1n) is 4.83. The normalized spacial score (nSPS) is 9.56. The maximum absolute atomic E-state index is 11.2. The Balaban J connectivity index is 2.09. The lowest BCUT2D eigenvalue weighted by atomic mass is 10.4. The molecule has 1 aromatic rings. The summed E-state index contributed by atoms with van der Waals surface area (Å²) in [6, 6.07) is 3.15. The first-order valence-corrected chi connectivity index (χ1v) is 4.83. The van der Waals surface area contributed by atoms with Gasteiger partial charge in [-0.3, -0.25) is 4.79 Å². The van der Waals surface area contributed by atoms with Gasteiger partial charge in [-0.1, -0.05) is 0 Å². The van der Waals surface area contributed by atoms with E-state index in [1.165, 1.54) is 13.4 Å². The van der Waals surface area contributed by atoms with Crippen molar-refractivity contribution in [2.75, 3.05) is 13.7 Å². The van der Waals surface area contributed by atoms with Crippen molar-refractivity contribution in [1.29, 1.82) is 0 Å². The van der Waals surface area contributed by atoms with Gasteiger partial charge in [0, 0.05) is 6.54 Å². The third-order valence-corrected chi connectivity index (χ3v) is 1.85. The molecule has 0 saturated heterocycles. The van der Waals surface area contributed by atoms with Gasteiger partial charge in [0.05, 0.1) is 26.3 Å². The highest BCUT2D eigenvalue weighted by Gasteiger charge is 2.03. The number of carbonyl (C=O) groups is 2. The van der Waals surface area contributed by atoms with Gasteiger partial charge in [0.1, 0.15) is 5.76 Å². The van der Waals surface area contributed by atoms with Crippen molar-refractivity contribution in [3.8, 4) is 0 Å². The molecule has 0 radical (unpaired) electrons. The fourth-order valence-electron chi connectivity index (χ4n) is 1.02. The molecule has 1 aromatic heterocycles. The van der Waals surface area contributed by atoms with Crippen LogP contribution in [0.3, 0.4) is 0 Å². The Kier molecular flexibility index (Phi) is 4.91. The molecule has 0 fully saturated rings. The van der Waals surface area contributed by atoms with Crippen LogP contribution in [0, 0.1) is 0 Å². The van der Waals surface area contributed by atoms with Crippen LogP contribution in [0.2, 0.25) is 0 Å². The molecule has 2 N–H and O–H groups in total. The second-order valence-corrected chi connectivity index (χ2v) is 3.01. The molecule has 0 spiro atoms. The van der Waals surface area contributed by atoms with Gasteiger partial charge >= 0.3 is 12.0 Å². The Morgan fingerprint density at radius 1 is 1.44 bits per heavy atom. The highest BCUT2D eigenvalue weighted by molar-refractivity contribution is 5.75. The van der Waals surface area contributed by atoms with Gasteiger partial charge in [0.15, 0.2) is 0 Å². The molecule has 0 aliphatic heterocycles. The van der Waals surface area contributed by atoms with Crippen LogP contribution in [0.15, 0.2) is 22.8 Å². The minimum atomic E-state index is -0.355. The van der Waals surface area contributed by atoms with Crippen LogP contribution in [0.5, 0.6) is 0 Å². The number of furan rings is 1. The molecule has 0 saturated carbocycles. The molecule has 0 atom stereocenters. The van der Waals surface area contributed by atoms with Gasteiger partial charge in [-0.2, -0.15) is 0 Å². The molecule has 0 aromatic carbocycles. The smallest absolute Gasteiger partial charge is 0.315 e. The first kappa shape index (κ1) is 12.1. The summed E-state index contributed by atoms with van der Waals surface area (Å²) in [5, 5.41) is 5.10. The maximum Gasteiger partial charge on any atom is 0.315 e. The molecule has 0 aliphatic carbocycles. The van der Waals surface area contributed by atoms with E-state index >= 15 is 0 Å². The van der Waals surface area contributed by atoms with Crippen molar-refractivity contribution in [3.05, 3.63) is 24.2 Å². The number of hydrogen-bond donors (Lipinski definition) is 2. The fourth-order valence-corrected chi connectivity index (χ4v) is 1.02. The Labute approximate surface area is 93.0 Å². The molecule has 88 valence electrons. The van der Waals surface area contributed by atoms with Gasteiger partial charge in [0.25, 0.3) is 0 Å². The van der Waals surface area contributed by atoms with E-state index in [0.717, 1.165) is 0 Å². The average molecular weight is 226 g/mol. The molecule has 16 heavy (non-hydrogen) atoms. The molecule has 0 unspecified atom stereocenters. The Morgan fingerprint density at radius 3 is 2.88 bits per heavy atom. The summed E-state index contributed by atoms with van der Waals surface area (Å²) in [6.07, 6.45) is 1.69. The standard InChI is InChI=1S/C10H14N2O4/c1-15-9(13)4-5-11-10(14)12-7-8-3-2-6-16-8/h2-3,6H,4-5,7H2,1H3,(H2,11,12,14). The predicted octanol–water partition coefficient (Wildman–Crippen LogP) is 0.642. The minimum Gasteiger partial charge on any atom is -0.469 e. The molecule has 6 nitrogen and oxygen atoms in total. The third kappa shape index (κ3) is 4.50. The summed E-state index contributed by atoms with van der Waals surface area (Å²) in [4.78, 5) is 21.9. The molecule has 0 aliphatic rings. The zero-order valence-corrected chi connectivity index (χ0v) is 8.99. The molecule has 1 heterocycles. The third-order valence-electron chi connectivity index (χ3n) is 1.85. The summed E-state index contributed by atoms with van der Waals surface area (Å²) >= 11 is 0. The van der Waals surface area contributed by atoms with E-state index in [2.05, 4.69) is 15.4 Å². The summed E-state index contributed by atoms with van der Waals surface area (Å²) in [7, 11) is 1.30. The highest BCUT2D eigenvalue weighted by Crippen LogP contribution is 1.97. The van der Waals surface area contributed by atoms with E-state index in [4.69, 9.17) is 4.42 Å². The average Bonchev–Trinajstić information content (AvgIpc) is 2.79.